The van der Waals surface area contributed by atoms with Crippen molar-refractivity contribution in [3.05, 3.63) is 75.6 Å². The van der Waals surface area contributed by atoms with Crippen LogP contribution in [-0.4, -0.2) is 29.2 Å². The third kappa shape index (κ3) is 5.31. The van der Waals surface area contributed by atoms with Crippen LogP contribution in [0.2, 0.25) is 0 Å². The van der Waals surface area contributed by atoms with E-state index < -0.39 is 0 Å². The second-order valence-electron chi connectivity index (χ2n) is 6.14. The van der Waals surface area contributed by atoms with Crippen LogP contribution in [0.4, 0.5) is 4.79 Å². The van der Waals surface area contributed by atoms with Crippen LogP contribution in [0.5, 0.6) is 11.5 Å². The van der Waals surface area contributed by atoms with Crippen LogP contribution >= 0.6 is 27.7 Å². The summed E-state index contributed by atoms with van der Waals surface area (Å²) in [6, 6.07) is 13.3. The standard InChI is InChI=1S/C22H20BrNO4S/c1-3-11-24-21(25)20(29-22(24)26)13-16-7-10-18(19(12-16)27-4-2)28-14-15-5-8-17(23)9-6-15/h3,5-10,12-13H,1,4,11,14H2,2H3/b20-13+. The largest absolute Gasteiger partial charge is 0.490 e. The molecule has 0 spiro atoms. The molecule has 0 aliphatic carbocycles. The minimum atomic E-state index is -0.312. The third-order valence-corrected chi connectivity index (χ3v) is 5.49. The van der Waals surface area contributed by atoms with Gasteiger partial charge < -0.3 is 9.47 Å². The Labute approximate surface area is 182 Å². The molecule has 7 heteroatoms. The van der Waals surface area contributed by atoms with Crippen molar-refractivity contribution in [2.45, 2.75) is 13.5 Å². The second-order valence-corrected chi connectivity index (χ2v) is 8.04. The molecule has 1 saturated heterocycles. The lowest BCUT2D eigenvalue weighted by molar-refractivity contribution is -0.122. The van der Waals surface area contributed by atoms with Crippen molar-refractivity contribution in [1.82, 2.24) is 4.90 Å². The van der Waals surface area contributed by atoms with Crippen LogP contribution in [0.1, 0.15) is 18.1 Å². The molecule has 2 amide bonds. The predicted octanol–water partition coefficient (Wildman–Crippen LogP) is 5.65. The number of imide groups is 1. The third-order valence-electron chi connectivity index (χ3n) is 4.06. The molecule has 1 aliphatic heterocycles. The van der Waals surface area contributed by atoms with E-state index >= 15 is 0 Å². The molecule has 29 heavy (non-hydrogen) atoms. The number of rotatable bonds is 8. The molecule has 1 aliphatic rings. The number of carbonyl (C=O) groups excluding carboxylic acids is 2. The quantitative estimate of drug-likeness (QED) is 0.366. The van der Waals surface area contributed by atoms with E-state index in [1.807, 2.05) is 49.4 Å². The smallest absolute Gasteiger partial charge is 0.293 e. The number of hydrogen-bond donors (Lipinski definition) is 0. The van der Waals surface area contributed by atoms with Gasteiger partial charge in [0.15, 0.2) is 11.5 Å². The average Bonchev–Trinajstić information content (AvgIpc) is 2.97. The maximum Gasteiger partial charge on any atom is 0.293 e. The van der Waals surface area contributed by atoms with Gasteiger partial charge in [-0.1, -0.05) is 40.2 Å². The lowest BCUT2D eigenvalue weighted by Gasteiger charge is -2.13. The fourth-order valence-electron chi connectivity index (χ4n) is 2.68. The van der Waals surface area contributed by atoms with E-state index in [0.29, 0.717) is 29.6 Å². The Morgan fingerprint density at radius 2 is 1.86 bits per heavy atom. The van der Waals surface area contributed by atoms with Crippen LogP contribution < -0.4 is 9.47 Å². The number of carbonyl (C=O) groups is 2. The molecular weight excluding hydrogens is 454 g/mol. The van der Waals surface area contributed by atoms with Gasteiger partial charge in [0.05, 0.1) is 11.5 Å². The monoisotopic (exact) mass is 473 g/mol. The summed E-state index contributed by atoms with van der Waals surface area (Å²) in [5, 5.41) is -0.291. The fourth-order valence-corrected chi connectivity index (χ4v) is 3.79. The normalized spacial score (nSPS) is 15.1. The van der Waals surface area contributed by atoms with Gasteiger partial charge in [0, 0.05) is 11.0 Å². The second kappa shape index (κ2) is 9.80. The summed E-state index contributed by atoms with van der Waals surface area (Å²) >= 11 is 4.34. The van der Waals surface area contributed by atoms with E-state index in [4.69, 9.17) is 9.47 Å². The zero-order valence-electron chi connectivity index (χ0n) is 15.9. The number of benzene rings is 2. The summed E-state index contributed by atoms with van der Waals surface area (Å²) in [6.07, 6.45) is 3.22. The van der Waals surface area contributed by atoms with Crippen LogP contribution in [0.15, 0.2) is 64.5 Å². The number of nitrogens with zero attached hydrogens (tertiary/aromatic N) is 1. The van der Waals surface area contributed by atoms with Crippen LogP contribution in [0.25, 0.3) is 6.08 Å². The maximum absolute atomic E-state index is 12.4. The van der Waals surface area contributed by atoms with Crippen molar-refractivity contribution < 1.29 is 19.1 Å². The summed E-state index contributed by atoms with van der Waals surface area (Å²) in [4.78, 5) is 25.9. The molecule has 0 saturated carbocycles. The maximum atomic E-state index is 12.4. The highest BCUT2D eigenvalue weighted by Crippen LogP contribution is 2.35. The Balaban J connectivity index is 1.78. The molecule has 0 N–H and O–H groups in total. The first-order valence-electron chi connectivity index (χ1n) is 9.02. The van der Waals surface area contributed by atoms with Crippen LogP contribution in [-0.2, 0) is 11.4 Å². The average molecular weight is 474 g/mol. The predicted molar refractivity (Wildman–Crippen MR) is 119 cm³/mol. The van der Waals surface area contributed by atoms with E-state index in [1.165, 1.54) is 11.0 Å². The van der Waals surface area contributed by atoms with Gasteiger partial charge in [-0.15, -0.1) is 6.58 Å². The number of ether oxygens (including phenoxy) is 2. The first-order valence-corrected chi connectivity index (χ1v) is 10.6. The van der Waals surface area contributed by atoms with Crippen molar-refractivity contribution in [2.75, 3.05) is 13.2 Å². The number of hydrogen-bond acceptors (Lipinski definition) is 5. The van der Waals surface area contributed by atoms with E-state index in [0.717, 1.165) is 27.4 Å². The number of thioether (sulfide) groups is 1. The highest BCUT2D eigenvalue weighted by Gasteiger charge is 2.34. The molecule has 1 heterocycles. The van der Waals surface area contributed by atoms with Gasteiger partial charge in [0.25, 0.3) is 11.1 Å². The van der Waals surface area contributed by atoms with Gasteiger partial charge in [-0.25, -0.2) is 0 Å². The van der Waals surface area contributed by atoms with Gasteiger partial charge in [-0.3, -0.25) is 14.5 Å². The molecule has 2 aromatic rings. The number of amides is 2. The van der Waals surface area contributed by atoms with Gasteiger partial charge in [0.2, 0.25) is 0 Å². The Bertz CT molecular complexity index is 956. The summed E-state index contributed by atoms with van der Waals surface area (Å²) in [6.45, 7) is 6.57. The summed E-state index contributed by atoms with van der Waals surface area (Å²) < 4.78 is 12.6. The molecule has 2 aromatic carbocycles. The Morgan fingerprint density at radius 1 is 1.10 bits per heavy atom. The lowest BCUT2D eigenvalue weighted by atomic mass is 10.1. The Hall–Kier alpha value is -2.51. The highest BCUT2D eigenvalue weighted by atomic mass is 79.9. The summed E-state index contributed by atoms with van der Waals surface area (Å²) in [5.74, 6) is 0.892. The van der Waals surface area contributed by atoms with Crippen molar-refractivity contribution in [3.8, 4) is 11.5 Å². The molecule has 0 unspecified atom stereocenters. The first kappa shape index (κ1) is 21.2. The van der Waals surface area contributed by atoms with E-state index in [2.05, 4.69) is 22.5 Å². The van der Waals surface area contributed by atoms with E-state index in [9.17, 15) is 9.59 Å². The number of halogens is 1. The molecule has 150 valence electrons. The van der Waals surface area contributed by atoms with E-state index in [1.54, 1.807) is 6.08 Å². The van der Waals surface area contributed by atoms with Gasteiger partial charge in [0.1, 0.15) is 6.61 Å². The molecule has 0 atom stereocenters. The summed E-state index contributed by atoms with van der Waals surface area (Å²) in [5.41, 5.74) is 1.80. The zero-order chi connectivity index (χ0) is 20.8. The van der Waals surface area contributed by atoms with Crippen molar-refractivity contribution >= 4 is 44.9 Å². The first-order chi connectivity index (χ1) is 14.0. The Kier molecular flexibility index (Phi) is 7.17. The van der Waals surface area contributed by atoms with Gasteiger partial charge >= 0.3 is 0 Å². The Morgan fingerprint density at radius 3 is 2.55 bits per heavy atom. The zero-order valence-corrected chi connectivity index (χ0v) is 18.3. The molecule has 0 bridgehead atoms. The highest BCUT2D eigenvalue weighted by molar-refractivity contribution is 9.10. The van der Waals surface area contributed by atoms with Crippen LogP contribution in [0, 0.1) is 0 Å². The summed E-state index contributed by atoms with van der Waals surface area (Å²) in [7, 11) is 0. The van der Waals surface area contributed by atoms with Gasteiger partial charge in [-0.2, -0.15) is 0 Å². The minimum absolute atomic E-state index is 0.203. The fraction of sp³-hybridized carbons (Fsp3) is 0.182. The van der Waals surface area contributed by atoms with E-state index in [-0.39, 0.29) is 17.7 Å². The van der Waals surface area contributed by atoms with Crippen molar-refractivity contribution in [3.63, 3.8) is 0 Å². The lowest BCUT2D eigenvalue weighted by Crippen LogP contribution is -2.27. The topological polar surface area (TPSA) is 55.8 Å². The molecular formula is C22H20BrNO4S. The van der Waals surface area contributed by atoms with Gasteiger partial charge in [-0.05, 0) is 60.2 Å². The molecule has 3 rings (SSSR count). The molecule has 0 radical (unpaired) electrons. The molecule has 1 fully saturated rings. The van der Waals surface area contributed by atoms with Crippen molar-refractivity contribution in [1.29, 1.82) is 0 Å². The minimum Gasteiger partial charge on any atom is -0.490 e. The SMILES string of the molecule is C=CCN1C(=O)S/C(=C/c2ccc(OCc3ccc(Br)cc3)c(OCC)c2)C1=O. The van der Waals surface area contributed by atoms with Crippen LogP contribution in [0.3, 0.4) is 0 Å². The molecule has 5 nitrogen and oxygen atoms in total. The van der Waals surface area contributed by atoms with Crippen molar-refractivity contribution in [2.24, 2.45) is 0 Å². The molecule has 0 aromatic heterocycles.